The molecule has 17 heavy (non-hydrogen) atoms. The Hall–Kier alpha value is -2.11. The number of halogens is 2. The summed E-state index contributed by atoms with van der Waals surface area (Å²) in [6.07, 6.45) is 0. The van der Waals surface area contributed by atoms with Crippen molar-refractivity contribution in [3.8, 4) is 17.0 Å². The van der Waals surface area contributed by atoms with E-state index in [1.807, 2.05) is 0 Å². The molecule has 4 nitrogen and oxygen atoms in total. The normalized spacial score (nSPS) is 10.6. The lowest BCUT2D eigenvalue weighted by atomic mass is 10.1. The average Bonchev–Trinajstić information content (AvgIpc) is 2.77. The molecule has 0 fully saturated rings. The summed E-state index contributed by atoms with van der Waals surface area (Å²) in [5.74, 6) is 0.751. The monoisotopic (exact) mass is 239 g/mol. The van der Waals surface area contributed by atoms with Gasteiger partial charge in [-0.2, -0.15) is 13.9 Å². The first kappa shape index (κ1) is 11.4. The Balaban J connectivity index is 2.36. The number of H-pyrrole nitrogens is 1. The third kappa shape index (κ3) is 2.52. The predicted molar refractivity (Wildman–Crippen MR) is 60.2 cm³/mol. The minimum absolute atomic E-state index is 0.119. The van der Waals surface area contributed by atoms with Gasteiger partial charge >= 0.3 is 6.61 Å². The Bertz CT molecular complexity index is 499. The summed E-state index contributed by atoms with van der Waals surface area (Å²) < 4.78 is 28.9. The molecule has 0 aliphatic carbocycles. The number of anilines is 1. The second-order valence-corrected chi connectivity index (χ2v) is 3.29. The lowest BCUT2D eigenvalue weighted by Crippen LogP contribution is -2.03. The average molecular weight is 239 g/mol. The molecule has 2 rings (SSSR count). The Kier molecular flexibility index (Phi) is 3.22. The van der Waals surface area contributed by atoms with Crippen LogP contribution in [0.15, 0.2) is 30.3 Å². The van der Waals surface area contributed by atoms with E-state index in [1.165, 1.54) is 6.07 Å². The number of benzene rings is 1. The fourth-order valence-corrected chi connectivity index (χ4v) is 1.48. The zero-order valence-corrected chi connectivity index (χ0v) is 9.08. The van der Waals surface area contributed by atoms with Crippen LogP contribution >= 0.6 is 0 Å². The summed E-state index contributed by atoms with van der Waals surface area (Å²) in [5.41, 5.74) is 1.16. The highest BCUT2D eigenvalue weighted by Gasteiger charge is 2.12. The maximum absolute atomic E-state index is 12.2. The number of aromatic amines is 1. The van der Waals surface area contributed by atoms with Crippen LogP contribution < -0.4 is 10.1 Å². The number of ether oxygens (including phenoxy) is 1. The lowest BCUT2D eigenvalue weighted by molar-refractivity contribution is -0.0494. The van der Waals surface area contributed by atoms with Gasteiger partial charge < -0.3 is 10.1 Å². The van der Waals surface area contributed by atoms with E-state index < -0.39 is 6.61 Å². The van der Waals surface area contributed by atoms with E-state index in [0.29, 0.717) is 17.1 Å². The van der Waals surface area contributed by atoms with E-state index in [4.69, 9.17) is 0 Å². The second-order valence-electron chi connectivity index (χ2n) is 3.29. The zero-order chi connectivity index (χ0) is 12.3. The van der Waals surface area contributed by atoms with Gasteiger partial charge in [-0.05, 0) is 12.1 Å². The van der Waals surface area contributed by atoms with E-state index in [9.17, 15) is 8.78 Å². The van der Waals surface area contributed by atoms with Gasteiger partial charge in [0.25, 0.3) is 0 Å². The molecular formula is C11H11F2N3O. The third-order valence-electron chi connectivity index (χ3n) is 2.23. The molecule has 0 bridgehead atoms. The molecule has 0 saturated heterocycles. The molecule has 1 aromatic carbocycles. The van der Waals surface area contributed by atoms with E-state index in [0.717, 1.165) is 0 Å². The molecule has 2 N–H and O–H groups in total. The zero-order valence-electron chi connectivity index (χ0n) is 9.08. The van der Waals surface area contributed by atoms with E-state index in [2.05, 4.69) is 20.3 Å². The van der Waals surface area contributed by atoms with E-state index >= 15 is 0 Å². The van der Waals surface area contributed by atoms with Crippen molar-refractivity contribution in [3.05, 3.63) is 30.3 Å². The van der Waals surface area contributed by atoms with Crippen molar-refractivity contribution >= 4 is 5.82 Å². The number of alkyl halides is 2. The number of hydrogen-bond donors (Lipinski definition) is 2. The van der Waals surface area contributed by atoms with Gasteiger partial charge in [0, 0.05) is 18.7 Å². The minimum Gasteiger partial charge on any atom is -0.434 e. The van der Waals surface area contributed by atoms with Crippen LogP contribution in [0.2, 0.25) is 0 Å². The smallest absolute Gasteiger partial charge is 0.387 e. The summed E-state index contributed by atoms with van der Waals surface area (Å²) in [7, 11) is 1.72. The molecule has 2 aromatic rings. The van der Waals surface area contributed by atoms with Crippen LogP contribution in [0.1, 0.15) is 0 Å². The molecule has 0 spiro atoms. The van der Waals surface area contributed by atoms with Gasteiger partial charge in [-0.25, -0.2) is 0 Å². The minimum atomic E-state index is -2.84. The lowest BCUT2D eigenvalue weighted by Gasteiger charge is -2.08. The summed E-state index contributed by atoms with van der Waals surface area (Å²) in [5, 5.41) is 9.55. The number of rotatable bonds is 4. The number of nitrogens with zero attached hydrogens (tertiary/aromatic N) is 1. The van der Waals surface area contributed by atoms with Crippen LogP contribution in [-0.2, 0) is 0 Å². The van der Waals surface area contributed by atoms with E-state index in [1.54, 1.807) is 31.3 Å². The first-order valence-electron chi connectivity index (χ1n) is 4.98. The maximum atomic E-state index is 12.2. The van der Waals surface area contributed by atoms with Crippen LogP contribution in [0.5, 0.6) is 5.75 Å². The van der Waals surface area contributed by atoms with Crippen LogP contribution in [0.3, 0.4) is 0 Å². The molecule has 90 valence electrons. The number of nitrogens with one attached hydrogen (secondary N) is 2. The molecule has 0 saturated carbocycles. The summed E-state index contributed by atoms with van der Waals surface area (Å²) in [4.78, 5) is 0. The van der Waals surface area contributed by atoms with Crippen molar-refractivity contribution in [3.63, 3.8) is 0 Å². The quantitative estimate of drug-likeness (QED) is 0.862. The Morgan fingerprint density at radius 2 is 2.12 bits per heavy atom. The van der Waals surface area contributed by atoms with Gasteiger partial charge in [-0.3, -0.25) is 5.10 Å². The van der Waals surface area contributed by atoms with Crippen molar-refractivity contribution in [1.82, 2.24) is 10.2 Å². The fraction of sp³-hybridized carbons (Fsp3) is 0.182. The number of aromatic nitrogens is 2. The third-order valence-corrected chi connectivity index (χ3v) is 2.23. The fourth-order valence-electron chi connectivity index (χ4n) is 1.48. The maximum Gasteiger partial charge on any atom is 0.387 e. The first-order valence-corrected chi connectivity index (χ1v) is 4.98. The summed E-state index contributed by atoms with van der Waals surface area (Å²) in [6, 6.07) is 8.27. The second kappa shape index (κ2) is 4.82. The van der Waals surface area contributed by atoms with Gasteiger partial charge in [0.15, 0.2) is 0 Å². The molecule has 1 heterocycles. The highest BCUT2D eigenvalue weighted by atomic mass is 19.3. The molecule has 0 aliphatic rings. The van der Waals surface area contributed by atoms with Gasteiger partial charge in [0.2, 0.25) is 0 Å². The van der Waals surface area contributed by atoms with Gasteiger partial charge in [0.1, 0.15) is 11.6 Å². The Labute approximate surface area is 96.6 Å². The van der Waals surface area contributed by atoms with Crippen molar-refractivity contribution in [2.24, 2.45) is 0 Å². The Morgan fingerprint density at radius 1 is 1.35 bits per heavy atom. The molecular weight excluding hydrogens is 228 g/mol. The van der Waals surface area contributed by atoms with Crippen molar-refractivity contribution in [2.75, 3.05) is 12.4 Å². The molecule has 6 heteroatoms. The molecule has 0 amide bonds. The highest BCUT2D eigenvalue weighted by molar-refractivity contribution is 5.69. The topological polar surface area (TPSA) is 49.9 Å². The van der Waals surface area contributed by atoms with Gasteiger partial charge in [-0.15, -0.1) is 0 Å². The van der Waals surface area contributed by atoms with Crippen LogP contribution in [0.4, 0.5) is 14.6 Å². The van der Waals surface area contributed by atoms with Crippen molar-refractivity contribution < 1.29 is 13.5 Å². The number of para-hydroxylation sites is 1. The first-order chi connectivity index (χ1) is 8.20. The van der Waals surface area contributed by atoms with E-state index in [-0.39, 0.29) is 5.75 Å². The molecule has 0 radical (unpaired) electrons. The van der Waals surface area contributed by atoms with Crippen molar-refractivity contribution in [2.45, 2.75) is 6.61 Å². The van der Waals surface area contributed by atoms with Crippen LogP contribution in [-0.4, -0.2) is 23.9 Å². The van der Waals surface area contributed by atoms with Crippen molar-refractivity contribution in [1.29, 1.82) is 0 Å². The molecule has 0 unspecified atom stereocenters. The largest absolute Gasteiger partial charge is 0.434 e. The SMILES string of the molecule is CNc1cc(-c2ccccc2OC(F)F)[nH]n1. The highest BCUT2D eigenvalue weighted by Crippen LogP contribution is 2.30. The molecule has 1 aromatic heterocycles. The molecule has 0 aliphatic heterocycles. The summed E-state index contributed by atoms with van der Waals surface area (Å²) >= 11 is 0. The van der Waals surface area contributed by atoms with Gasteiger partial charge in [0.05, 0.1) is 5.69 Å². The predicted octanol–water partition coefficient (Wildman–Crippen LogP) is 2.72. The van der Waals surface area contributed by atoms with Gasteiger partial charge in [-0.1, -0.05) is 12.1 Å². The Morgan fingerprint density at radius 3 is 2.76 bits per heavy atom. The summed E-state index contributed by atoms with van der Waals surface area (Å²) in [6.45, 7) is -2.84. The standard InChI is InChI=1S/C11H11F2N3O/c1-14-10-6-8(15-16-10)7-4-2-3-5-9(7)17-11(12)13/h2-6,11H,1H3,(H2,14,15,16). The van der Waals surface area contributed by atoms with Crippen LogP contribution in [0.25, 0.3) is 11.3 Å². The van der Waals surface area contributed by atoms with Crippen LogP contribution in [0, 0.1) is 0 Å². The number of hydrogen-bond acceptors (Lipinski definition) is 3. The molecule has 0 atom stereocenters.